The molecule has 2 amide bonds. The van der Waals surface area contributed by atoms with Crippen molar-refractivity contribution in [2.24, 2.45) is 0 Å². The van der Waals surface area contributed by atoms with Crippen molar-refractivity contribution >= 4 is 23.6 Å². The highest BCUT2D eigenvalue weighted by Gasteiger charge is 2.29. The minimum atomic E-state index is -0.569. The number of carbonyl (C=O) groups excluding carboxylic acids is 2. The topological polar surface area (TPSA) is 49.9 Å². The number of carbonyl (C=O) groups is 2. The first-order valence-corrected chi connectivity index (χ1v) is 8.73. The molecule has 0 N–H and O–H groups in total. The average molecular weight is 371 g/mol. The molecule has 0 saturated carbocycles. The molecule has 0 bridgehead atoms. The summed E-state index contributed by atoms with van der Waals surface area (Å²) in [7, 11) is 0. The van der Waals surface area contributed by atoms with Crippen LogP contribution in [0.15, 0.2) is 18.2 Å². The van der Waals surface area contributed by atoms with Gasteiger partial charge in [0.2, 0.25) is 0 Å². The zero-order chi connectivity index (χ0) is 18.8. The Hall–Kier alpha value is -1.82. The molecule has 1 aromatic rings. The zero-order valence-electron chi connectivity index (χ0n) is 15.0. The Morgan fingerprint density at radius 1 is 1.16 bits per heavy atom. The molecule has 0 radical (unpaired) electrons. The Morgan fingerprint density at radius 2 is 1.72 bits per heavy atom. The highest BCUT2D eigenvalue weighted by Crippen LogP contribution is 2.23. The van der Waals surface area contributed by atoms with E-state index in [-0.39, 0.29) is 16.8 Å². The van der Waals surface area contributed by atoms with Gasteiger partial charge >= 0.3 is 6.09 Å². The van der Waals surface area contributed by atoms with Crippen LogP contribution < -0.4 is 0 Å². The Labute approximate surface area is 152 Å². The summed E-state index contributed by atoms with van der Waals surface area (Å²) in [6.45, 7) is 8.55. The van der Waals surface area contributed by atoms with Gasteiger partial charge in [-0.05, 0) is 45.4 Å². The zero-order valence-corrected chi connectivity index (χ0v) is 15.8. The fourth-order valence-electron chi connectivity index (χ4n) is 2.54. The molecule has 1 heterocycles. The van der Waals surface area contributed by atoms with Crippen molar-refractivity contribution in [2.45, 2.75) is 38.7 Å². The Kier molecular flexibility index (Phi) is 5.93. The summed E-state index contributed by atoms with van der Waals surface area (Å²) in [5.74, 6) is -0.957. The van der Waals surface area contributed by atoms with E-state index in [0.717, 1.165) is 0 Å². The fraction of sp³-hybridized carbons (Fsp3) is 0.556. The molecule has 0 aromatic heterocycles. The first-order valence-electron chi connectivity index (χ1n) is 8.29. The predicted octanol–water partition coefficient (Wildman–Crippen LogP) is 3.82. The molecule has 1 aliphatic heterocycles. The summed E-state index contributed by atoms with van der Waals surface area (Å²) in [6.07, 6.45) is -0.399. The van der Waals surface area contributed by atoms with Crippen LogP contribution in [-0.2, 0) is 4.74 Å². The minimum absolute atomic E-state index is 0.00992. The van der Waals surface area contributed by atoms with Crippen LogP contribution in [-0.4, -0.2) is 53.6 Å². The van der Waals surface area contributed by atoms with Gasteiger partial charge in [-0.3, -0.25) is 4.79 Å². The molecule has 5 nitrogen and oxygen atoms in total. The number of piperazine rings is 1. The van der Waals surface area contributed by atoms with Gasteiger partial charge in [-0.2, -0.15) is 0 Å². The first-order chi connectivity index (χ1) is 11.6. The van der Waals surface area contributed by atoms with Crippen LogP contribution >= 0.6 is 11.6 Å². The SMILES string of the molecule is CC(Cl)c1ccc(F)c(C(=O)N2CCN(C(=O)OC(C)(C)C)CC2)c1. The second kappa shape index (κ2) is 7.60. The predicted molar refractivity (Wildman–Crippen MR) is 94.4 cm³/mol. The maximum Gasteiger partial charge on any atom is 0.410 e. The largest absolute Gasteiger partial charge is 0.444 e. The van der Waals surface area contributed by atoms with Gasteiger partial charge < -0.3 is 14.5 Å². The Balaban J connectivity index is 2.02. The number of benzene rings is 1. The number of alkyl halides is 1. The van der Waals surface area contributed by atoms with Gasteiger partial charge in [0.15, 0.2) is 0 Å². The number of halogens is 2. The maximum absolute atomic E-state index is 14.1. The van der Waals surface area contributed by atoms with Crippen molar-refractivity contribution in [2.75, 3.05) is 26.2 Å². The number of nitrogens with zero attached hydrogens (tertiary/aromatic N) is 2. The van der Waals surface area contributed by atoms with Gasteiger partial charge in [-0.25, -0.2) is 9.18 Å². The smallest absolute Gasteiger partial charge is 0.410 e. The lowest BCUT2D eigenvalue weighted by atomic mass is 10.1. The second-order valence-corrected chi connectivity index (χ2v) is 7.77. The van der Waals surface area contributed by atoms with E-state index in [1.165, 1.54) is 12.1 Å². The summed E-state index contributed by atoms with van der Waals surface area (Å²) in [4.78, 5) is 27.8. The fourth-order valence-corrected chi connectivity index (χ4v) is 2.68. The van der Waals surface area contributed by atoms with Crippen molar-refractivity contribution < 1.29 is 18.7 Å². The van der Waals surface area contributed by atoms with Crippen molar-refractivity contribution in [1.29, 1.82) is 0 Å². The van der Waals surface area contributed by atoms with E-state index >= 15 is 0 Å². The molecular formula is C18H24ClFN2O3. The summed E-state index contributed by atoms with van der Waals surface area (Å²) in [5.41, 5.74) is 0.140. The van der Waals surface area contributed by atoms with E-state index in [4.69, 9.17) is 16.3 Å². The molecule has 2 rings (SSSR count). The first kappa shape index (κ1) is 19.5. The number of ether oxygens (including phenoxy) is 1. The standard InChI is InChI=1S/C18H24ClFN2O3/c1-12(19)13-5-6-15(20)14(11-13)16(23)21-7-9-22(10-8-21)17(24)25-18(2,3)4/h5-6,11-12H,7-10H2,1-4H3. The van der Waals surface area contributed by atoms with Gasteiger partial charge in [-0.1, -0.05) is 6.07 Å². The highest BCUT2D eigenvalue weighted by molar-refractivity contribution is 6.20. The molecule has 138 valence electrons. The third kappa shape index (κ3) is 5.08. The Bertz CT molecular complexity index is 650. The molecule has 1 unspecified atom stereocenters. The van der Waals surface area contributed by atoms with Crippen LogP contribution in [0.3, 0.4) is 0 Å². The normalized spacial score (nSPS) is 16.6. The molecule has 1 fully saturated rings. The summed E-state index contributed by atoms with van der Waals surface area (Å²) in [5, 5.41) is -0.309. The van der Waals surface area contributed by atoms with Gasteiger partial charge in [0, 0.05) is 26.2 Å². The molecule has 0 aliphatic carbocycles. The molecule has 25 heavy (non-hydrogen) atoms. The van der Waals surface area contributed by atoms with Gasteiger partial charge in [0.05, 0.1) is 10.9 Å². The molecule has 0 spiro atoms. The van der Waals surface area contributed by atoms with Crippen LogP contribution in [0, 0.1) is 5.82 Å². The second-order valence-electron chi connectivity index (χ2n) is 7.11. The van der Waals surface area contributed by atoms with Crippen LogP contribution in [0.1, 0.15) is 49.0 Å². The molecule has 1 aromatic carbocycles. The third-order valence-electron chi connectivity index (χ3n) is 3.90. The summed E-state index contributed by atoms with van der Waals surface area (Å²) >= 11 is 6.02. The summed E-state index contributed by atoms with van der Waals surface area (Å²) < 4.78 is 19.4. The molecule has 1 aliphatic rings. The molecular weight excluding hydrogens is 347 g/mol. The Morgan fingerprint density at radius 3 is 2.24 bits per heavy atom. The summed E-state index contributed by atoms with van der Waals surface area (Å²) in [6, 6.07) is 4.33. The maximum atomic E-state index is 14.1. The van der Waals surface area contributed by atoms with E-state index in [1.54, 1.807) is 43.6 Å². The number of rotatable bonds is 2. The van der Waals surface area contributed by atoms with Crippen LogP contribution in [0.25, 0.3) is 0 Å². The van der Waals surface area contributed by atoms with Gasteiger partial charge in [0.25, 0.3) is 5.91 Å². The quantitative estimate of drug-likeness (QED) is 0.743. The molecule has 1 saturated heterocycles. The van der Waals surface area contributed by atoms with Crippen molar-refractivity contribution in [3.8, 4) is 0 Å². The monoisotopic (exact) mass is 370 g/mol. The van der Waals surface area contributed by atoms with Gasteiger partial charge in [0.1, 0.15) is 11.4 Å². The highest BCUT2D eigenvalue weighted by atomic mass is 35.5. The van der Waals surface area contributed by atoms with E-state index < -0.39 is 17.5 Å². The van der Waals surface area contributed by atoms with Crippen LogP contribution in [0.5, 0.6) is 0 Å². The number of amides is 2. The van der Waals surface area contributed by atoms with E-state index in [2.05, 4.69) is 0 Å². The molecule has 7 heteroatoms. The van der Waals surface area contributed by atoms with Crippen LogP contribution in [0.2, 0.25) is 0 Å². The van der Waals surface area contributed by atoms with Gasteiger partial charge in [-0.15, -0.1) is 11.6 Å². The minimum Gasteiger partial charge on any atom is -0.444 e. The van der Waals surface area contributed by atoms with E-state index in [9.17, 15) is 14.0 Å². The van der Waals surface area contributed by atoms with Crippen molar-refractivity contribution in [3.63, 3.8) is 0 Å². The van der Waals surface area contributed by atoms with E-state index in [1.807, 2.05) is 0 Å². The lowest BCUT2D eigenvalue weighted by Gasteiger charge is -2.35. The lowest BCUT2D eigenvalue weighted by molar-refractivity contribution is 0.0140. The van der Waals surface area contributed by atoms with Crippen molar-refractivity contribution in [1.82, 2.24) is 9.80 Å². The third-order valence-corrected chi connectivity index (χ3v) is 4.15. The van der Waals surface area contributed by atoms with Crippen LogP contribution in [0.4, 0.5) is 9.18 Å². The van der Waals surface area contributed by atoms with E-state index in [0.29, 0.717) is 31.7 Å². The number of hydrogen-bond acceptors (Lipinski definition) is 3. The van der Waals surface area contributed by atoms with Crippen molar-refractivity contribution in [3.05, 3.63) is 35.1 Å². The average Bonchev–Trinajstić information content (AvgIpc) is 2.53. The lowest BCUT2D eigenvalue weighted by Crippen LogP contribution is -2.51. The number of hydrogen-bond donors (Lipinski definition) is 0. The molecule has 1 atom stereocenters.